The molecule has 0 spiro atoms. The second-order valence-electron chi connectivity index (χ2n) is 11.0. The normalized spacial score (nSPS) is 18.0. The average Bonchev–Trinajstić information content (AvgIpc) is 3.36. The van der Waals surface area contributed by atoms with Crippen LogP contribution in [0.2, 0.25) is 0 Å². The van der Waals surface area contributed by atoms with Crippen molar-refractivity contribution in [2.75, 3.05) is 13.2 Å². The molecule has 9 rings (SSSR count). The number of benzene rings is 3. The van der Waals surface area contributed by atoms with Crippen molar-refractivity contribution >= 4 is 22.9 Å². The molecule has 0 radical (unpaired) electrons. The van der Waals surface area contributed by atoms with Crippen molar-refractivity contribution in [3.8, 4) is 5.75 Å². The molecule has 1 atom stereocenters. The highest BCUT2D eigenvalue weighted by atomic mass is 16.5. The van der Waals surface area contributed by atoms with Gasteiger partial charge in [0.25, 0.3) is 5.91 Å². The monoisotopic (exact) mass is 538 g/mol. The molecule has 0 fully saturated rings. The number of carboxylic acids is 1. The highest BCUT2D eigenvalue weighted by Gasteiger charge is 2.26. The van der Waals surface area contributed by atoms with Gasteiger partial charge in [-0.15, -0.1) is 5.10 Å². The minimum atomic E-state index is -0.858. The summed E-state index contributed by atoms with van der Waals surface area (Å²) in [7, 11) is 0. The van der Waals surface area contributed by atoms with E-state index >= 15 is 0 Å². The molecule has 1 amide bonds. The molecule has 1 N–H and O–H groups in total. The van der Waals surface area contributed by atoms with Crippen molar-refractivity contribution in [2.24, 2.45) is 0 Å². The van der Waals surface area contributed by atoms with E-state index in [1.54, 1.807) is 0 Å². The molecule has 5 aliphatic rings. The fourth-order valence-corrected chi connectivity index (χ4v) is 5.98. The smallest absolute Gasteiger partial charge is 0.304 e. The van der Waals surface area contributed by atoms with E-state index in [9.17, 15) is 14.7 Å². The van der Waals surface area contributed by atoms with E-state index in [1.807, 2.05) is 59.0 Å². The Morgan fingerprint density at radius 1 is 0.975 bits per heavy atom. The minimum absolute atomic E-state index is 0.00844. The van der Waals surface area contributed by atoms with Crippen molar-refractivity contribution in [3.05, 3.63) is 88.0 Å². The standard InChI is InChI=1S/C32H34N4O4/c1-21-16-26-9-10-27(21)32(39)35-14-12-22-6-7-23(17-25(22)20-35)28(19-31(37)38)24-8-11-30-29(18-24)33-34-36(30)13-4-2-3-5-15-40-26/h6-11,16-18,28H,2-5,12-15,19-20H2,1H3,(H,37,38)/t28-/m1/s1. The average molecular weight is 539 g/mol. The lowest BCUT2D eigenvalue weighted by Crippen LogP contribution is -2.36. The van der Waals surface area contributed by atoms with Crippen molar-refractivity contribution < 1.29 is 19.4 Å². The van der Waals surface area contributed by atoms with Crippen LogP contribution < -0.4 is 4.74 Å². The molecule has 0 saturated heterocycles. The number of hydrogen-bond acceptors (Lipinski definition) is 5. The zero-order valence-corrected chi connectivity index (χ0v) is 22.8. The van der Waals surface area contributed by atoms with Crippen LogP contribution in [0.1, 0.15) is 76.2 Å². The largest absolute Gasteiger partial charge is 0.494 e. The molecule has 206 valence electrons. The third kappa shape index (κ3) is 5.30. The Morgan fingerprint density at radius 2 is 1.80 bits per heavy atom. The Bertz CT molecular complexity index is 1580. The predicted octanol–water partition coefficient (Wildman–Crippen LogP) is 5.50. The predicted molar refractivity (Wildman–Crippen MR) is 152 cm³/mol. The first-order valence-corrected chi connectivity index (χ1v) is 14.2. The van der Waals surface area contributed by atoms with Gasteiger partial charge in [0.1, 0.15) is 11.3 Å². The third-order valence-corrected chi connectivity index (χ3v) is 8.21. The van der Waals surface area contributed by atoms with Gasteiger partial charge in [-0.05, 0) is 90.8 Å². The van der Waals surface area contributed by atoms with Crippen LogP contribution in [-0.2, 0) is 24.3 Å². The van der Waals surface area contributed by atoms with Gasteiger partial charge < -0.3 is 14.7 Å². The van der Waals surface area contributed by atoms with Crippen LogP contribution in [0.15, 0.2) is 54.6 Å². The fourth-order valence-electron chi connectivity index (χ4n) is 5.98. The molecule has 40 heavy (non-hydrogen) atoms. The molecule has 3 aromatic carbocycles. The summed E-state index contributed by atoms with van der Waals surface area (Å²) >= 11 is 0. The molecule has 1 aromatic heterocycles. The van der Waals surface area contributed by atoms with Crippen LogP contribution in [0.3, 0.4) is 0 Å². The van der Waals surface area contributed by atoms with E-state index < -0.39 is 5.97 Å². The number of aliphatic carboxylic acids is 1. The number of aromatic nitrogens is 3. The lowest BCUT2D eigenvalue weighted by molar-refractivity contribution is -0.137. The van der Waals surface area contributed by atoms with Crippen molar-refractivity contribution in [1.82, 2.24) is 19.9 Å². The van der Waals surface area contributed by atoms with Gasteiger partial charge in [-0.1, -0.05) is 35.9 Å². The van der Waals surface area contributed by atoms with Gasteiger partial charge in [0.15, 0.2) is 0 Å². The third-order valence-electron chi connectivity index (χ3n) is 8.21. The van der Waals surface area contributed by atoms with Crippen LogP contribution in [-0.4, -0.2) is 50.0 Å². The van der Waals surface area contributed by atoms with Crippen LogP contribution in [0.25, 0.3) is 11.0 Å². The molecule has 8 nitrogen and oxygen atoms in total. The summed E-state index contributed by atoms with van der Waals surface area (Å²) in [5, 5.41) is 18.6. The quantitative estimate of drug-likeness (QED) is 0.362. The van der Waals surface area contributed by atoms with Gasteiger partial charge in [-0.2, -0.15) is 0 Å². The summed E-state index contributed by atoms with van der Waals surface area (Å²) in [6.45, 7) is 4.52. The van der Waals surface area contributed by atoms with E-state index in [4.69, 9.17) is 4.74 Å². The van der Waals surface area contributed by atoms with Crippen LogP contribution in [0.5, 0.6) is 5.75 Å². The number of aryl methyl sites for hydroxylation is 2. The first-order chi connectivity index (χ1) is 19.5. The lowest BCUT2D eigenvalue weighted by Gasteiger charge is -2.30. The summed E-state index contributed by atoms with van der Waals surface area (Å²) in [4.78, 5) is 27.4. The summed E-state index contributed by atoms with van der Waals surface area (Å²) < 4.78 is 7.92. The van der Waals surface area contributed by atoms with Gasteiger partial charge >= 0.3 is 5.97 Å². The second kappa shape index (κ2) is 11.1. The SMILES string of the molecule is Cc1cc2ccc1C(=O)N1CCc3ccc(cc3C1)[C@@H](CC(=O)O)c1ccc3c(c1)nnn3CCCCCCO2. The van der Waals surface area contributed by atoms with Gasteiger partial charge in [-0.25, -0.2) is 4.68 Å². The fraction of sp³-hybridized carbons (Fsp3) is 0.375. The zero-order valence-electron chi connectivity index (χ0n) is 22.8. The molecule has 5 aliphatic heterocycles. The first kappa shape index (κ1) is 26.0. The van der Waals surface area contributed by atoms with E-state index in [2.05, 4.69) is 22.4 Å². The molecule has 0 aliphatic carbocycles. The zero-order chi connectivity index (χ0) is 27.6. The van der Waals surface area contributed by atoms with E-state index in [0.717, 1.165) is 77.7 Å². The topological polar surface area (TPSA) is 97.5 Å². The Balaban J connectivity index is 1.37. The minimum Gasteiger partial charge on any atom is -0.494 e. The van der Waals surface area contributed by atoms with Crippen LogP contribution >= 0.6 is 0 Å². The van der Waals surface area contributed by atoms with Crippen LogP contribution in [0.4, 0.5) is 0 Å². The van der Waals surface area contributed by atoms with Gasteiger partial charge in [0.2, 0.25) is 0 Å². The highest BCUT2D eigenvalue weighted by Crippen LogP contribution is 2.33. The van der Waals surface area contributed by atoms with Crippen molar-refractivity contribution in [2.45, 2.75) is 64.5 Å². The molecule has 8 heteroatoms. The Kier molecular flexibility index (Phi) is 7.24. The Morgan fingerprint density at radius 3 is 2.65 bits per heavy atom. The molecule has 9 bridgehead atoms. The number of carboxylic acid groups (broad SMARTS) is 1. The summed E-state index contributed by atoms with van der Waals surface area (Å²) in [5.41, 5.74) is 7.42. The van der Waals surface area contributed by atoms with Crippen LogP contribution in [0, 0.1) is 6.92 Å². The van der Waals surface area contributed by atoms with E-state index in [-0.39, 0.29) is 18.2 Å². The highest BCUT2D eigenvalue weighted by molar-refractivity contribution is 5.96. The molecular weight excluding hydrogens is 504 g/mol. The molecule has 4 aromatic rings. The van der Waals surface area contributed by atoms with E-state index in [0.29, 0.717) is 25.3 Å². The number of nitrogens with zero attached hydrogens (tertiary/aromatic N) is 4. The van der Waals surface area contributed by atoms with Gasteiger partial charge in [0.05, 0.1) is 18.5 Å². The maximum atomic E-state index is 13.6. The van der Waals surface area contributed by atoms with Gasteiger partial charge in [-0.3, -0.25) is 9.59 Å². The molecule has 6 heterocycles. The molecular formula is C32H34N4O4. The molecule has 0 unspecified atom stereocenters. The number of rotatable bonds is 2. The first-order valence-electron chi connectivity index (χ1n) is 14.2. The Hall–Kier alpha value is -4.20. The summed E-state index contributed by atoms with van der Waals surface area (Å²) in [6, 6.07) is 17.9. The van der Waals surface area contributed by atoms with E-state index in [1.165, 1.54) is 5.56 Å². The number of carbonyl (C=O) groups is 2. The Labute approximate surface area is 233 Å². The number of carbonyl (C=O) groups excluding carboxylic acids is 1. The number of amides is 1. The summed E-state index contributed by atoms with van der Waals surface area (Å²) in [5.74, 6) is -0.392. The summed E-state index contributed by atoms with van der Waals surface area (Å²) in [6.07, 6.45) is 4.79. The lowest BCUT2D eigenvalue weighted by atomic mass is 9.85. The number of hydrogen-bond donors (Lipinski definition) is 1. The maximum Gasteiger partial charge on any atom is 0.304 e. The van der Waals surface area contributed by atoms with Crippen molar-refractivity contribution in [1.29, 1.82) is 0 Å². The number of ether oxygens (including phenoxy) is 1. The second-order valence-corrected chi connectivity index (χ2v) is 11.0. The van der Waals surface area contributed by atoms with Crippen molar-refractivity contribution in [3.63, 3.8) is 0 Å². The maximum absolute atomic E-state index is 13.6. The molecule has 0 saturated carbocycles. The van der Waals surface area contributed by atoms with Gasteiger partial charge in [0, 0.05) is 31.1 Å².